The molecule has 0 saturated carbocycles. The lowest BCUT2D eigenvalue weighted by Crippen LogP contribution is -1.96. The molecule has 3 heteroatoms. The van der Waals surface area contributed by atoms with Gasteiger partial charge >= 0.3 is 0 Å². The van der Waals surface area contributed by atoms with Crippen LogP contribution in [0.1, 0.15) is 0 Å². The molecule has 228 valence electrons. The van der Waals surface area contributed by atoms with Crippen molar-refractivity contribution in [3.63, 3.8) is 0 Å². The van der Waals surface area contributed by atoms with Crippen LogP contribution in [0.2, 0.25) is 0 Å². The highest BCUT2D eigenvalue weighted by Gasteiger charge is 2.18. The van der Waals surface area contributed by atoms with Gasteiger partial charge < -0.3 is 0 Å². The van der Waals surface area contributed by atoms with Gasteiger partial charge in [0.2, 0.25) is 0 Å². The van der Waals surface area contributed by atoms with E-state index in [1.54, 1.807) is 11.3 Å². The van der Waals surface area contributed by atoms with Gasteiger partial charge in [-0.1, -0.05) is 146 Å². The van der Waals surface area contributed by atoms with Crippen LogP contribution in [0.3, 0.4) is 0 Å². The van der Waals surface area contributed by atoms with Crippen molar-refractivity contribution in [2.45, 2.75) is 0 Å². The average Bonchev–Trinajstić information content (AvgIpc) is 3.62. The van der Waals surface area contributed by atoms with Crippen LogP contribution < -0.4 is 0 Å². The Balaban J connectivity index is 1.24. The number of hydrogen-bond donors (Lipinski definition) is 0. The molecular weight excluding hydrogens is 613 g/mol. The van der Waals surface area contributed by atoms with Gasteiger partial charge in [-0.15, -0.1) is 11.3 Å². The van der Waals surface area contributed by atoms with Gasteiger partial charge in [-0.2, -0.15) is 0 Å². The highest BCUT2D eigenvalue weighted by Crippen LogP contribution is 2.44. The summed E-state index contributed by atoms with van der Waals surface area (Å²) in [6.45, 7) is 0. The average molecular weight is 641 g/mol. The zero-order valence-electron chi connectivity index (χ0n) is 26.5. The minimum atomic E-state index is 0.727. The zero-order valence-corrected chi connectivity index (χ0v) is 27.3. The highest BCUT2D eigenvalue weighted by molar-refractivity contribution is 7.22. The molecule has 10 rings (SSSR count). The smallest absolute Gasteiger partial charge is 0.160 e. The van der Waals surface area contributed by atoms with Gasteiger partial charge in [0.1, 0.15) is 0 Å². The summed E-state index contributed by atoms with van der Waals surface area (Å²) < 4.78 is 1.25. The van der Waals surface area contributed by atoms with Gasteiger partial charge in [-0.25, -0.2) is 9.97 Å². The van der Waals surface area contributed by atoms with E-state index in [1.165, 1.54) is 64.3 Å². The molecule has 0 radical (unpaired) electrons. The molecule has 2 aromatic heterocycles. The summed E-state index contributed by atoms with van der Waals surface area (Å²) >= 11 is 1.77. The lowest BCUT2D eigenvalue weighted by atomic mass is 9.86. The van der Waals surface area contributed by atoms with E-state index >= 15 is 0 Å². The second-order valence-electron chi connectivity index (χ2n) is 12.5. The van der Waals surface area contributed by atoms with Crippen LogP contribution in [0.25, 0.3) is 97.5 Å². The Kier molecular flexibility index (Phi) is 6.39. The van der Waals surface area contributed by atoms with Crippen molar-refractivity contribution in [3.05, 3.63) is 170 Å². The molecule has 0 saturated heterocycles. The first-order valence-electron chi connectivity index (χ1n) is 16.6. The Hall–Kier alpha value is -6.16. The third kappa shape index (κ3) is 4.62. The lowest BCUT2D eigenvalue weighted by molar-refractivity contribution is 1.19. The van der Waals surface area contributed by atoms with Gasteiger partial charge in [-0.3, -0.25) is 0 Å². The third-order valence-corrected chi connectivity index (χ3v) is 10.8. The molecule has 0 amide bonds. The quantitative estimate of drug-likeness (QED) is 0.141. The van der Waals surface area contributed by atoms with Crippen LogP contribution >= 0.6 is 11.3 Å². The summed E-state index contributed by atoms with van der Waals surface area (Å²) in [5.41, 5.74) is 6.43. The van der Waals surface area contributed by atoms with Crippen molar-refractivity contribution in [3.8, 4) is 44.3 Å². The van der Waals surface area contributed by atoms with Crippen LogP contribution in [0.5, 0.6) is 0 Å². The standard InChI is InChI=1S/C46H28N2S/c1-2-13-30(14-3-1)46-47-41(28-42(48-46)44-27-32-16-6-11-21-43(32)49-44)37-24-25-38(36-20-10-9-19-35(36)37)45-34-18-8-5-15-31(34)26-40-33-17-7-4-12-29(33)22-23-39(40)45/h1-28H. The Labute approximate surface area is 287 Å². The van der Waals surface area contributed by atoms with E-state index in [0.29, 0.717) is 0 Å². The van der Waals surface area contributed by atoms with Crippen molar-refractivity contribution in [2.24, 2.45) is 0 Å². The molecule has 0 N–H and O–H groups in total. The van der Waals surface area contributed by atoms with Crippen LogP contribution in [0.4, 0.5) is 0 Å². The van der Waals surface area contributed by atoms with Gasteiger partial charge in [0.25, 0.3) is 0 Å². The van der Waals surface area contributed by atoms with Crippen LogP contribution in [-0.4, -0.2) is 9.97 Å². The first-order valence-corrected chi connectivity index (χ1v) is 17.4. The number of fused-ring (bicyclic) bond motifs is 6. The SMILES string of the molecule is c1ccc(-c2nc(-c3cc4ccccc4s3)cc(-c3ccc(-c4c5ccccc5cc5c4ccc4ccccc45)c4ccccc34)n2)cc1. The summed E-state index contributed by atoms with van der Waals surface area (Å²) in [4.78, 5) is 11.5. The maximum absolute atomic E-state index is 5.23. The van der Waals surface area contributed by atoms with Crippen molar-refractivity contribution in [2.75, 3.05) is 0 Å². The summed E-state index contributed by atoms with van der Waals surface area (Å²) in [6, 6.07) is 61.0. The summed E-state index contributed by atoms with van der Waals surface area (Å²) in [5, 5.41) is 11.2. The number of hydrogen-bond acceptors (Lipinski definition) is 3. The molecule has 0 aliphatic heterocycles. The predicted octanol–water partition coefficient (Wildman–Crippen LogP) is 13.0. The van der Waals surface area contributed by atoms with E-state index in [1.807, 2.05) is 18.2 Å². The summed E-state index contributed by atoms with van der Waals surface area (Å²) in [5.74, 6) is 0.727. The fourth-order valence-electron chi connectivity index (χ4n) is 7.39. The van der Waals surface area contributed by atoms with Crippen molar-refractivity contribution in [1.82, 2.24) is 9.97 Å². The van der Waals surface area contributed by atoms with Crippen molar-refractivity contribution >= 4 is 64.5 Å². The summed E-state index contributed by atoms with van der Waals surface area (Å²) in [6.07, 6.45) is 0. The molecule has 0 spiro atoms. The lowest BCUT2D eigenvalue weighted by Gasteiger charge is -2.17. The van der Waals surface area contributed by atoms with Crippen molar-refractivity contribution < 1.29 is 0 Å². The number of benzene rings is 8. The van der Waals surface area contributed by atoms with Crippen LogP contribution in [0.15, 0.2) is 170 Å². The largest absolute Gasteiger partial charge is 0.228 e. The predicted molar refractivity (Wildman–Crippen MR) is 209 cm³/mol. The Morgan fingerprint density at radius 1 is 0.367 bits per heavy atom. The van der Waals surface area contributed by atoms with Crippen LogP contribution in [-0.2, 0) is 0 Å². The molecule has 0 fully saturated rings. The van der Waals surface area contributed by atoms with E-state index in [-0.39, 0.29) is 0 Å². The Morgan fingerprint density at radius 3 is 1.82 bits per heavy atom. The Morgan fingerprint density at radius 2 is 1.00 bits per heavy atom. The number of thiophene rings is 1. The van der Waals surface area contributed by atoms with E-state index in [2.05, 4.69) is 152 Å². The second kappa shape index (κ2) is 11.2. The Bertz CT molecular complexity index is 2850. The molecule has 0 atom stereocenters. The monoisotopic (exact) mass is 640 g/mol. The summed E-state index contributed by atoms with van der Waals surface area (Å²) in [7, 11) is 0. The zero-order chi connectivity index (χ0) is 32.3. The fourth-order valence-corrected chi connectivity index (χ4v) is 8.41. The van der Waals surface area contributed by atoms with Crippen molar-refractivity contribution in [1.29, 1.82) is 0 Å². The highest BCUT2D eigenvalue weighted by atomic mass is 32.1. The molecule has 2 heterocycles. The van der Waals surface area contributed by atoms with Gasteiger partial charge in [0, 0.05) is 15.8 Å². The van der Waals surface area contributed by atoms with Gasteiger partial charge in [0.05, 0.1) is 16.3 Å². The number of nitrogens with zero attached hydrogens (tertiary/aromatic N) is 2. The minimum Gasteiger partial charge on any atom is -0.228 e. The molecule has 10 aromatic rings. The van der Waals surface area contributed by atoms with E-state index < -0.39 is 0 Å². The first-order chi connectivity index (χ1) is 24.3. The third-order valence-electron chi connectivity index (χ3n) is 9.68. The molecular formula is C46H28N2S. The minimum absolute atomic E-state index is 0.727. The second-order valence-corrected chi connectivity index (χ2v) is 13.6. The maximum atomic E-state index is 5.23. The molecule has 2 nitrogen and oxygen atoms in total. The van der Waals surface area contributed by atoms with Crippen LogP contribution in [0, 0.1) is 0 Å². The van der Waals surface area contributed by atoms with E-state index in [9.17, 15) is 0 Å². The number of rotatable bonds is 4. The normalized spacial score (nSPS) is 11.7. The molecule has 0 aliphatic rings. The van der Waals surface area contributed by atoms with Gasteiger partial charge in [-0.05, 0) is 83.9 Å². The fraction of sp³-hybridized carbons (Fsp3) is 0. The number of aromatic nitrogens is 2. The first kappa shape index (κ1) is 27.9. The van der Waals surface area contributed by atoms with E-state index in [4.69, 9.17) is 9.97 Å². The van der Waals surface area contributed by atoms with E-state index in [0.717, 1.165) is 33.2 Å². The molecule has 49 heavy (non-hydrogen) atoms. The topological polar surface area (TPSA) is 25.8 Å². The van der Waals surface area contributed by atoms with Gasteiger partial charge in [0.15, 0.2) is 5.82 Å². The molecule has 0 unspecified atom stereocenters. The molecule has 8 aromatic carbocycles. The maximum Gasteiger partial charge on any atom is 0.160 e. The molecule has 0 bridgehead atoms. The molecule has 0 aliphatic carbocycles.